The lowest BCUT2D eigenvalue weighted by Gasteiger charge is -2.00. The predicted molar refractivity (Wildman–Crippen MR) is 81.2 cm³/mol. The highest BCUT2D eigenvalue weighted by Gasteiger charge is 2.23. The topological polar surface area (TPSA) is 62.8 Å². The van der Waals surface area contributed by atoms with E-state index in [1.165, 1.54) is 6.07 Å². The van der Waals surface area contributed by atoms with Crippen LogP contribution in [0.15, 0.2) is 39.7 Å². The van der Waals surface area contributed by atoms with Gasteiger partial charge in [-0.2, -0.15) is 4.57 Å². The standard InChI is InChI=1S/C13H10BrN3OS.BrH/c1-17-7-4-2-3-5-9(7)19-13(17)11-8(18)6-10(15)16-12(11)14;/h2-6H,1H3,(H2,15,18);1H. The Balaban J connectivity index is 0.00000147. The second-order valence-corrected chi connectivity index (χ2v) is 6.04. The SMILES string of the molecule is C[n+]1c(-c2c(Br)[nH]c(N)cc2=O)sc2ccccc21.[Br-]. The van der Waals surface area contributed by atoms with E-state index >= 15 is 0 Å². The Morgan fingerprint density at radius 1 is 1.35 bits per heavy atom. The molecule has 0 saturated carbocycles. The van der Waals surface area contributed by atoms with Crippen LogP contribution in [0.2, 0.25) is 0 Å². The molecule has 0 saturated heterocycles. The Bertz CT molecular complexity index is 841. The molecule has 1 aromatic carbocycles. The van der Waals surface area contributed by atoms with E-state index < -0.39 is 0 Å². The molecule has 20 heavy (non-hydrogen) atoms. The largest absolute Gasteiger partial charge is 1.00 e. The molecule has 3 rings (SSSR count). The van der Waals surface area contributed by atoms with Crippen LogP contribution in [0.4, 0.5) is 5.82 Å². The van der Waals surface area contributed by atoms with Gasteiger partial charge in [0, 0.05) is 12.1 Å². The highest BCUT2D eigenvalue weighted by Crippen LogP contribution is 2.30. The van der Waals surface area contributed by atoms with Crippen molar-refractivity contribution in [1.82, 2.24) is 4.98 Å². The minimum Gasteiger partial charge on any atom is -1.00 e. The number of nitrogens with one attached hydrogen (secondary N) is 1. The van der Waals surface area contributed by atoms with Crippen LogP contribution in [0, 0.1) is 0 Å². The molecule has 104 valence electrons. The zero-order valence-corrected chi connectivity index (χ0v) is 14.5. The van der Waals surface area contributed by atoms with E-state index in [2.05, 4.69) is 20.9 Å². The maximum atomic E-state index is 12.2. The number of thiazole rings is 1. The average molecular weight is 417 g/mol. The minimum atomic E-state index is -0.0923. The minimum absolute atomic E-state index is 0. The highest BCUT2D eigenvalue weighted by molar-refractivity contribution is 9.10. The summed E-state index contributed by atoms with van der Waals surface area (Å²) in [6.07, 6.45) is 0. The summed E-state index contributed by atoms with van der Waals surface area (Å²) in [5.74, 6) is 0.351. The van der Waals surface area contributed by atoms with E-state index in [0.717, 1.165) is 15.2 Å². The number of aromatic nitrogens is 2. The Labute approximate surface area is 138 Å². The van der Waals surface area contributed by atoms with Crippen molar-refractivity contribution in [2.45, 2.75) is 0 Å². The number of hydrogen-bond donors (Lipinski definition) is 2. The van der Waals surface area contributed by atoms with Crippen molar-refractivity contribution in [1.29, 1.82) is 0 Å². The average Bonchev–Trinajstić information content (AvgIpc) is 2.66. The van der Waals surface area contributed by atoms with Crippen molar-refractivity contribution in [3.8, 4) is 10.6 Å². The summed E-state index contributed by atoms with van der Waals surface area (Å²) in [7, 11) is 1.95. The first-order valence-electron chi connectivity index (χ1n) is 5.64. The van der Waals surface area contributed by atoms with Gasteiger partial charge in [-0.3, -0.25) is 4.79 Å². The number of nitrogens with two attached hydrogens (primary N) is 1. The van der Waals surface area contributed by atoms with Crippen LogP contribution in [0.3, 0.4) is 0 Å². The summed E-state index contributed by atoms with van der Waals surface area (Å²) >= 11 is 4.97. The number of nitrogens with zero attached hydrogens (tertiary/aromatic N) is 1. The van der Waals surface area contributed by atoms with Crippen LogP contribution < -0.4 is 32.7 Å². The number of H-pyrrole nitrogens is 1. The molecule has 0 unspecified atom stereocenters. The highest BCUT2D eigenvalue weighted by atomic mass is 79.9. The maximum Gasteiger partial charge on any atom is 0.276 e. The number of pyridine rings is 1. The van der Waals surface area contributed by atoms with Gasteiger partial charge in [0.15, 0.2) is 5.43 Å². The monoisotopic (exact) mass is 415 g/mol. The van der Waals surface area contributed by atoms with E-state index in [1.54, 1.807) is 11.3 Å². The number of para-hydroxylation sites is 1. The summed E-state index contributed by atoms with van der Waals surface area (Å²) in [6.45, 7) is 0. The molecular formula is C13H11Br2N3OS. The fourth-order valence-electron chi connectivity index (χ4n) is 2.07. The van der Waals surface area contributed by atoms with Gasteiger partial charge in [0.1, 0.15) is 27.7 Å². The van der Waals surface area contributed by atoms with Gasteiger partial charge in [0.05, 0.1) is 0 Å². The van der Waals surface area contributed by atoms with Gasteiger partial charge in [-0.15, -0.1) is 0 Å². The van der Waals surface area contributed by atoms with Crippen LogP contribution in [-0.4, -0.2) is 4.98 Å². The molecule has 0 spiro atoms. The lowest BCUT2D eigenvalue weighted by Crippen LogP contribution is -3.00. The molecule has 0 radical (unpaired) electrons. The molecule has 0 bridgehead atoms. The molecule has 0 fully saturated rings. The molecule has 2 aromatic heterocycles. The number of hydrogen-bond acceptors (Lipinski definition) is 3. The third kappa shape index (κ3) is 2.41. The summed E-state index contributed by atoms with van der Waals surface area (Å²) in [4.78, 5) is 15.1. The van der Waals surface area contributed by atoms with Crippen molar-refractivity contribution >= 4 is 43.3 Å². The van der Waals surface area contributed by atoms with Gasteiger partial charge in [-0.05, 0) is 22.0 Å². The summed E-state index contributed by atoms with van der Waals surface area (Å²) in [5.41, 5.74) is 7.25. The molecule has 3 N–H and O–H groups in total. The lowest BCUT2D eigenvalue weighted by atomic mass is 10.2. The van der Waals surface area contributed by atoms with Gasteiger partial charge < -0.3 is 27.7 Å². The zero-order chi connectivity index (χ0) is 13.6. The number of fused-ring (bicyclic) bond motifs is 1. The van der Waals surface area contributed by atoms with Gasteiger partial charge in [0.25, 0.3) is 5.01 Å². The molecule has 7 heteroatoms. The first-order valence-corrected chi connectivity index (χ1v) is 7.25. The second kappa shape index (κ2) is 5.67. The van der Waals surface area contributed by atoms with Crippen molar-refractivity contribution in [2.75, 3.05) is 5.73 Å². The lowest BCUT2D eigenvalue weighted by molar-refractivity contribution is -0.629. The molecule has 0 aliphatic rings. The van der Waals surface area contributed by atoms with Crippen molar-refractivity contribution in [3.63, 3.8) is 0 Å². The number of rotatable bonds is 1. The fraction of sp³-hybridized carbons (Fsp3) is 0.0769. The first kappa shape index (κ1) is 15.2. The molecule has 0 amide bonds. The van der Waals surface area contributed by atoms with E-state index in [4.69, 9.17) is 5.73 Å². The third-order valence-electron chi connectivity index (χ3n) is 2.96. The first-order chi connectivity index (χ1) is 9.08. The van der Waals surface area contributed by atoms with E-state index in [-0.39, 0.29) is 22.4 Å². The Morgan fingerprint density at radius 3 is 2.70 bits per heavy atom. The molecule has 2 heterocycles. The summed E-state index contributed by atoms with van der Waals surface area (Å²) in [5, 5.41) is 0.898. The predicted octanol–water partition coefficient (Wildman–Crippen LogP) is -0.570. The number of halogens is 2. The Morgan fingerprint density at radius 2 is 2.05 bits per heavy atom. The summed E-state index contributed by atoms with van der Waals surface area (Å²) < 4.78 is 3.77. The van der Waals surface area contributed by atoms with Crippen molar-refractivity contribution < 1.29 is 21.5 Å². The maximum absolute atomic E-state index is 12.2. The van der Waals surface area contributed by atoms with E-state index in [9.17, 15) is 4.79 Å². The third-order valence-corrected chi connectivity index (χ3v) is 4.79. The van der Waals surface area contributed by atoms with Gasteiger partial charge in [-0.1, -0.05) is 23.5 Å². The fourth-order valence-corrected chi connectivity index (χ4v) is 4.02. The molecule has 0 aliphatic carbocycles. The number of aryl methyl sites for hydroxylation is 1. The van der Waals surface area contributed by atoms with Crippen molar-refractivity contribution in [2.24, 2.45) is 7.05 Å². The van der Waals surface area contributed by atoms with Crippen molar-refractivity contribution in [3.05, 3.63) is 45.2 Å². The Kier molecular flexibility index (Phi) is 4.31. The number of nitrogen functional groups attached to an aromatic ring is 1. The van der Waals surface area contributed by atoms with Crippen LogP contribution in [-0.2, 0) is 7.05 Å². The van der Waals surface area contributed by atoms with Crippen LogP contribution in [0.5, 0.6) is 0 Å². The Hall–Kier alpha value is -1.18. The number of anilines is 1. The number of benzene rings is 1. The quantitative estimate of drug-likeness (QED) is 0.412. The van der Waals surface area contributed by atoms with Crippen LogP contribution in [0.1, 0.15) is 0 Å². The molecule has 0 atom stereocenters. The molecule has 3 aromatic rings. The zero-order valence-electron chi connectivity index (χ0n) is 10.5. The smallest absolute Gasteiger partial charge is 0.276 e. The molecular weight excluding hydrogens is 406 g/mol. The molecule has 0 aliphatic heterocycles. The van der Waals surface area contributed by atoms with E-state index in [1.807, 2.05) is 35.9 Å². The normalized spacial score (nSPS) is 10.5. The van der Waals surface area contributed by atoms with Crippen LogP contribution >= 0.6 is 27.3 Å². The van der Waals surface area contributed by atoms with Gasteiger partial charge in [-0.25, -0.2) is 0 Å². The molecule has 4 nitrogen and oxygen atoms in total. The second-order valence-electron chi connectivity index (χ2n) is 4.21. The van der Waals surface area contributed by atoms with Gasteiger partial charge in [0.2, 0.25) is 5.52 Å². The van der Waals surface area contributed by atoms with Gasteiger partial charge >= 0.3 is 0 Å². The summed E-state index contributed by atoms with van der Waals surface area (Å²) in [6, 6.07) is 9.47. The van der Waals surface area contributed by atoms with Crippen LogP contribution in [0.25, 0.3) is 20.8 Å². The van der Waals surface area contributed by atoms with E-state index in [0.29, 0.717) is 16.0 Å². The number of aromatic amines is 1.